The van der Waals surface area contributed by atoms with Crippen LogP contribution in [0.4, 0.5) is 13.2 Å². The van der Waals surface area contributed by atoms with Crippen LogP contribution < -0.4 is 0 Å². The zero-order valence-corrected chi connectivity index (χ0v) is 8.21. The van der Waals surface area contributed by atoms with Crippen molar-refractivity contribution in [2.75, 3.05) is 0 Å². The summed E-state index contributed by atoms with van der Waals surface area (Å²) in [7, 11) is 0. The zero-order chi connectivity index (χ0) is 11.5. The van der Waals surface area contributed by atoms with E-state index >= 15 is 0 Å². The molecule has 0 heterocycles. The summed E-state index contributed by atoms with van der Waals surface area (Å²) in [6, 6.07) is 5.33. The maximum atomic E-state index is 12.5. The van der Waals surface area contributed by atoms with Crippen molar-refractivity contribution in [3.63, 3.8) is 0 Å². The highest BCUT2D eigenvalue weighted by Crippen LogP contribution is 2.32. The molecule has 1 rings (SSSR count). The quantitative estimate of drug-likeness (QED) is 0.709. The Bertz CT molecular complexity index is 344. The summed E-state index contributed by atoms with van der Waals surface area (Å²) in [5.41, 5.74) is -0.483. The van der Waals surface area contributed by atoms with Gasteiger partial charge >= 0.3 is 6.18 Å². The lowest BCUT2D eigenvalue weighted by Crippen LogP contribution is -2.11. The lowest BCUT2D eigenvalue weighted by Gasteiger charge is -2.13. The molecule has 0 saturated heterocycles. The number of alkyl halides is 3. The number of aldehydes is 1. The molecule has 0 spiro atoms. The molecule has 0 unspecified atom stereocenters. The summed E-state index contributed by atoms with van der Waals surface area (Å²) in [6.45, 7) is 1.60. The van der Waals surface area contributed by atoms with Crippen molar-refractivity contribution in [2.45, 2.75) is 19.5 Å². The standard InChI is InChI=1S/C11H11F3O/c1-8(7-15)6-9-4-2-3-5-10(9)11(12,13)14/h2-5,7-8H,6H2,1H3/t8-/m1/s1. The van der Waals surface area contributed by atoms with E-state index in [-0.39, 0.29) is 12.0 Å². The number of carbonyl (C=O) groups is 1. The monoisotopic (exact) mass is 216 g/mol. The second-order valence-corrected chi connectivity index (χ2v) is 3.47. The van der Waals surface area contributed by atoms with Crippen LogP contribution in [-0.4, -0.2) is 6.29 Å². The van der Waals surface area contributed by atoms with E-state index in [2.05, 4.69) is 0 Å². The Morgan fingerprint density at radius 2 is 1.93 bits per heavy atom. The van der Waals surface area contributed by atoms with Gasteiger partial charge in [0, 0.05) is 5.92 Å². The maximum Gasteiger partial charge on any atom is 0.416 e. The Balaban J connectivity index is 3.02. The van der Waals surface area contributed by atoms with E-state index in [0.29, 0.717) is 6.29 Å². The Hall–Kier alpha value is -1.32. The Labute approximate surface area is 85.9 Å². The van der Waals surface area contributed by atoms with E-state index in [9.17, 15) is 18.0 Å². The minimum Gasteiger partial charge on any atom is -0.303 e. The van der Waals surface area contributed by atoms with Gasteiger partial charge in [-0.25, -0.2) is 0 Å². The number of hydrogen-bond acceptors (Lipinski definition) is 1. The van der Waals surface area contributed by atoms with Crippen molar-refractivity contribution < 1.29 is 18.0 Å². The molecule has 0 radical (unpaired) electrons. The van der Waals surface area contributed by atoms with Crippen LogP contribution in [-0.2, 0) is 17.4 Å². The lowest BCUT2D eigenvalue weighted by molar-refractivity contribution is -0.138. The number of benzene rings is 1. The summed E-state index contributed by atoms with van der Waals surface area (Å²) < 4.78 is 37.5. The minimum absolute atomic E-state index is 0.124. The topological polar surface area (TPSA) is 17.1 Å². The molecule has 0 bridgehead atoms. The third kappa shape index (κ3) is 3.08. The largest absolute Gasteiger partial charge is 0.416 e. The van der Waals surface area contributed by atoms with Crippen LogP contribution in [0.2, 0.25) is 0 Å². The first-order chi connectivity index (χ1) is 6.95. The highest BCUT2D eigenvalue weighted by atomic mass is 19.4. The van der Waals surface area contributed by atoms with Gasteiger partial charge in [0.25, 0.3) is 0 Å². The van der Waals surface area contributed by atoms with E-state index in [1.807, 2.05) is 0 Å². The molecule has 0 fully saturated rings. The van der Waals surface area contributed by atoms with E-state index in [4.69, 9.17) is 0 Å². The van der Waals surface area contributed by atoms with Crippen LogP contribution >= 0.6 is 0 Å². The fourth-order valence-electron chi connectivity index (χ4n) is 1.37. The summed E-state index contributed by atoms with van der Waals surface area (Å²) in [5, 5.41) is 0. The minimum atomic E-state index is -4.35. The van der Waals surface area contributed by atoms with Gasteiger partial charge in [-0.2, -0.15) is 13.2 Å². The number of halogens is 3. The first-order valence-electron chi connectivity index (χ1n) is 4.55. The number of hydrogen-bond donors (Lipinski definition) is 0. The fourth-order valence-corrected chi connectivity index (χ4v) is 1.37. The fraction of sp³-hybridized carbons (Fsp3) is 0.364. The third-order valence-corrected chi connectivity index (χ3v) is 2.10. The summed E-state index contributed by atoms with van der Waals surface area (Å²) in [6.07, 6.45) is -3.56. The molecule has 82 valence electrons. The molecular weight excluding hydrogens is 205 g/mol. The summed E-state index contributed by atoms with van der Waals surface area (Å²) in [4.78, 5) is 10.4. The van der Waals surface area contributed by atoms with Crippen molar-refractivity contribution in [1.82, 2.24) is 0 Å². The van der Waals surface area contributed by atoms with Gasteiger partial charge in [0.15, 0.2) is 0 Å². The van der Waals surface area contributed by atoms with Gasteiger partial charge in [0.1, 0.15) is 6.29 Å². The molecule has 15 heavy (non-hydrogen) atoms. The first-order valence-corrected chi connectivity index (χ1v) is 4.55. The van der Waals surface area contributed by atoms with Gasteiger partial charge in [0.05, 0.1) is 5.56 Å². The Morgan fingerprint density at radius 3 is 2.47 bits per heavy atom. The summed E-state index contributed by atoms with van der Waals surface area (Å²) in [5.74, 6) is -0.395. The third-order valence-electron chi connectivity index (χ3n) is 2.10. The van der Waals surface area contributed by atoms with Crippen molar-refractivity contribution >= 4 is 6.29 Å². The molecule has 1 nitrogen and oxygen atoms in total. The second kappa shape index (κ2) is 4.47. The average Bonchev–Trinajstić information content (AvgIpc) is 2.17. The number of carbonyl (C=O) groups excluding carboxylic acids is 1. The van der Waals surface area contributed by atoms with E-state index in [1.165, 1.54) is 12.1 Å². The van der Waals surface area contributed by atoms with Crippen LogP contribution in [0.15, 0.2) is 24.3 Å². The van der Waals surface area contributed by atoms with Crippen LogP contribution in [0.1, 0.15) is 18.1 Å². The molecule has 4 heteroatoms. The molecule has 0 aliphatic rings. The van der Waals surface area contributed by atoms with Gasteiger partial charge in [-0.15, -0.1) is 0 Å². The molecule has 1 atom stereocenters. The normalized spacial score (nSPS) is 13.6. The van der Waals surface area contributed by atoms with Gasteiger partial charge < -0.3 is 4.79 Å². The van der Waals surface area contributed by atoms with Gasteiger partial charge in [-0.1, -0.05) is 25.1 Å². The molecule has 0 aromatic heterocycles. The molecule has 0 aliphatic heterocycles. The molecule has 0 aliphatic carbocycles. The maximum absolute atomic E-state index is 12.5. The number of rotatable bonds is 3. The smallest absolute Gasteiger partial charge is 0.303 e. The van der Waals surface area contributed by atoms with Crippen molar-refractivity contribution in [3.05, 3.63) is 35.4 Å². The van der Waals surface area contributed by atoms with Gasteiger partial charge in [0.2, 0.25) is 0 Å². The van der Waals surface area contributed by atoms with Crippen molar-refractivity contribution in [2.24, 2.45) is 5.92 Å². The average molecular weight is 216 g/mol. The highest BCUT2D eigenvalue weighted by Gasteiger charge is 2.32. The van der Waals surface area contributed by atoms with Crippen LogP contribution in [0.5, 0.6) is 0 Å². The second-order valence-electron chi connectivity index (χ2n) is 3.47. The molecule has 0 saturated carbocycles. The molecule has 0 N–H and O–H groups in total. The molecule has 1 aromatic carbocycles. The van der Waals surface area contributed by atoms with Crippen LogP contribution in [0, 0.1) is 5.92 Å². The Kier molecular flexibility index (Phi) is 3.50. The molecular formula is C11H11F3O. The van der Waals surface area contributed by atoms with E-state index < -0.39 is 17.7 Å². The van der Waals surface area contributed by atoms with Crippen LogP contribution in [0.3, 0.4) is 0 Å². The van der Waals surface area contributed by atoms with Crippen LogP contribution in [0.25, 0.3) is 0 Å². The van der Waals surface area contributed by atoms with Gasteiger partial charge in [-0.3, -0.25) is 0 Å². The van der Waals surface area contributed by atoms with E-state index in [0.717, 1.165) is 6.07 Å². The van der Waals surface area contributed by atoms with Crippen molar-refractivity contribution in [3.8, 4) is 0 Å². The lowest BCUT2D eigenvalue weighted by atomic mass is 9.97. The zero-order valence-electron chi connectivity index (χ0n) is 8.21. The molecule has 1 aromatic rings. The predicted octanol–water partition coefficient (Wildman–Crippen LogP) is 3.08. The molecule has 0 amide bonds. The highest BCUT2D eigenvalue weighted by molar-refractivity contribution is 5.54. The SMILES string of the molecule is C[C@@H](C=O)Cc1ccccc1C(F)(F)F. The van der Waals surface area contributed by atoms with E-state index in [1.54, 1.807) is 13.0 Å². The summed E-state index contributed by atoms with van der Waals surface area (Å²) >= 11 is 0. The van der Waals surface area contributed by atoms with Crippen molar-refractivity contribution in [1.29, 1.82) is 0 Å². The predicted molar refractivity (Wildman–Crippen MR) is 50.4 cm³/mol. The first kappa shape index (κ1) is 11.8. The Morgan fingerprint density at radius 1 is 1.33 bits per heavy atom. The van der Waals surface area contributed by atoms with Gasteiger partial charge in [-0.05, 0) is 18.1 Å².